The third-order valence-corrected chi connectivity index (χ3v) is 6.22. The molecule has 0 unspecified atom stereocenters. The summed E-state index contributed by atoms with van der Waals surface area (Å²) < 4.78 is 37.0. The second-order valence-corrected chi connectivity index (χ2v) is 9.30. The molecular formula is C22H22N2O5S. The minimum absolute atomic E-state index is 0.311. The maximum absolute atomic E-state index is 12.8. The van der Waals surface area contributed by atoms with Crippen LogP contribution in [0.4, 0.5) is 0 Å². The number of carbonyl (C=O) groups excluding carboxylic acids is 1. The van der Waals surface area contributed by atoms with Crippen molar-refractivity contribution in [3.63, 3.8) is 0 Å². The number of nitriles is 1. The molecule has 0 aliphatic heterocycles. The second kappa shape index (κ2) is 7.50. The monoisotopic (exact) mass is 426 g/mol. The van der Waals surface area contributed by atoms with E-state index < -0.39 is 21.4 Å². The molecule has 0 saturated carbocycles. The highest BCUT2D eigenvalue weighted by Gasteiger charge is 2.34. The van der Waals surface area contributed by atoms with Gasteiger partial charge in [-0.2, -0.15) is 5.26 Å². The van der Waals surface area contributed by atoms with Crippen LogP contribution in [0.5, 0.6) is 5.75 Å². The largest absolute Gasteiger partial charge is 0.497 e. The lowest BCUT2D eigenvalue weighted by atomic mass is 9.79. The van der Waals surface area contributed by atoms with Gasteiger partial charge < -0.3 is 9.47 Å². The van der Waals surface area contributed by atoms with E-state index in [0.717, 1.165) is 6.26 Å². The number of methoxy groups -OCH3 is 2. The smallest absolute Gasteiger partial charge is 0.338 e. The van der Waals surface area contributed by atoms with E-state index in [4.69, 9.17) is 9.47 Å². The van der Waals surface area contributed by atoms with E-state index in [2.05, 4.69) is 0 Å². The maximum atomic E-state index is 12.8. The second-order valence-electron chi connectivity index (χ2n) is 7.47. The fourth-order valence-corrected chi connectivity index (χ4v) is 4.79. The summed E-state index contributed by atoms with van der Waals surface area (Å²) in [6.07, 6.45) is 1.11. The molecule has 1 aromatic heterocycles. The summed E-state index contributed by atoms with van der Waals surface area (Å²) in [5.74, 6) is -0.00553. The predicted molar refractivity (Wildman–Crippen MR) is 113 cm³/mol. The fraction of sp³-hybridized carbons (Fsp3) is 0.273. The summed E-state index contributed by atoms with van der Waals surface area (Å²) in [5.41, 5.74) is 1.16. The van der Waals surface area contributed by atoms with Gasteiger partial charge in [0.2, 0.25) is 10.0 Å². The van der Waals surface area contributed by atoms with Gasteiger partial charge in [-0.05, 0) is 42.0 Å². The Hall–Kier alpha value is -3.31. The van der Waals surface area contributed by atoms with Gasteiger partial charge in [0, 0.05) is 16.5 Å². The van der Waals surface area contributed by atoms with Gasteiger partial charge >= 0.3 is 5.97 Å². The number of ether oxygens (including phenoxy) is 2. The molecule has 0 aliphatic rings. The highest BCUT2D eigenvalue weighted by atomic mass is 32.2. The van der Waals surface area contributed by atoms with E-state index in [1.807, 2.05) is 19.9 Å². The molecule has 0 amide bonds. The SMILES string of the molecule is COC(=O)c1ccc(OC)cc1C(C)(C)c1cc2ccc(C#N)cc2n1S(C)(=O)=O. The molecule has 3 aromatic rings. The van der Waals surface area contributed by atoms with Crippen molar-refractivity contribution >= 4 is 26.9 Å². The molecule has 0 spiro atoms. The molecule has 0 fully saturated rings. The average Bonchev–Trinajstić information content (AvgIpc) is 3.12. The van der Waals surface area contributed by atoms with Gasteiger partial charge in [0.1, 0.15) is 5.75 Å². The van der Waals surface area contributed by atoms with Gasteiger partial charge in [-0.15, -0.1) is 0 Å². The number of carbonyl (C=O) groups is 1. The van der Waals surface area contributed by atoms with E-state index in [1.165, 1.54) is 18.2 Å². The van der Waals surface area contributed by atoms with Crippen molar-refractivity contribution in [2.75, 3.05) is 20.5 Å². The number of benzene rings is 2. The van der Waals surface area contributed by atoms with Crippen LogP contribution >= 0.6 is 0 Å². The van der Waals surface area contributed by atoms with Crippen molar-refractivity contribution in [3.8, 4) is 11.8 Å². The molecule has 7 nitrogen and oxygen atoms in total. The molecule has 3 rings (SSSR count). The zero-order valence-corrected chi connectivity index (χ0v) is 18.2. The van der Waals surface area contributed by atoms with E-state index in [0.29, 0.717) is 39.0 Å². The Morgan fingerprint density at radius 1 is 1.10 bits per heavy atom. The van der Waals surface area contributed by atoms with E-state index in [-0.39, 0.29) is 0 Å². The number of hydrogen-bond acceptors (Lipinski definition) is 6. The molecule has 0 radical (unpaired) electrons. The molecular weight excluding hydrogens is 404 g/mol. The summed E-state index contributed by atoms with van der Waals surface area (Å²) in [4.78, 5) is 12.4. The van der Waals surface area contributed by atoms with Crippen LogP contribution in [0, 0.1) is 11.3 Å². The van der Waals surface area contributed by atoms with Crippen molar-refractivity contribution in [1.82, 2.24) is 3.97 Å². The first kappa shape index (κ1) is 21.4. The zero-order chi connectivity index (χ0) is 22.3. The summed E-state index contributed by atoms with van der Waals surface area (Å²) in [5, 5.41) is 9.92. The van der Waals surface area contributed by atoms with Crippen LogP contribution in [0.3, 0.4) is 0 Å². The predicted octanol–water partition coefficient (Wildman–Crippen LogP) is 3.44. The van der Waals surface area contributed by atoms with E-state index in [1.54, 1.807) is 42.5 Å². The van der Waals surface area contributed by atoms with Crippen LogP contribution in [0.2, 0.25) is 0 Å². The quantitative estimate of drug-likeness (QED) is 0.580. The molecule has 0 aliphatic carbocycles. The lowest BCUT2D eigenvalue weighted by Gasteiger charge is -2.29. The Bertz CT molecular complexity index is 1300. The number of nitrogens with zero attached hydrogens (tertiary/aromatic N) is 2. The highest BCUT2D eigenvalue weighted by molar-refractivity contribution is 7.89. The molecule has 30 heavy (non-hydrogen) atoms. The Labute approximate surface area is 175 Å². The Morgan fingerprint density at radius 2 is 1.80 bits per heavy atom. The van der Waals surface area contributed by atoms with E-state index >= 15 is 0 Å². The average molecular weight is 426 g/mol. The highest BCUT2D eigenvalue weighted by Crippen LogP contribution is 2.39. The number of hydrogen-bond donors (Lipinski definition) is 0. The molecule has 156 valence electrons. The van der Waals surface area contributed by atoms with Gasteiger partial charge in [-0.3, -0.25) is 0 Å². The van der Waals surface area contributed by atoms with Gasteiger partial charge in [0.25, 0.3) is 0 Å². The maximum Gasteiger partial charge on any atom is 0.338 e. The van der Waals surface area contributed by atoms with Crippen molar-refractivity contribution in [3.05, 3.63) is 64.8 Å². The third-order valence-electron chi connectivity index (χ3n) is 5.17. The topological polar surface area (TPSA) is 98.4 Å². The van der Waals surface area contributed by atoms with Crippen LogP contribution in [-0.4, -0.2) is 38.8 Å². The number of rotatable bonds is 5. The summed E-state index contributed by atoms with van der Waals surface area (Å²) in [6.45, 7) is 3.66. The summed E-state index contributed by atoms with van der Waals surface area (Å²) >= 11 is 0. The van der Waals surface area contributed by atoms with Crippen LogP contribution in [0.1, 0.15) is 41.0 Å². The Kier molecular flexibility index (Phi) is 5.35. The molecule has 1 heterocycles. The third kappa shape index (κ3) is 3.53. The lowest BCUT2D eigenvalue weighted by Crippen LogP contribution is -2.28. The van der Waals surface area contributed by atoms with Gasteiger partial charge in [-0.1, -0.05) is 19.9 Å². The Balaban J connectivity index is 2.40. The van der Waals surface area contributed by atoms with Crippen molar-refractivity contribution in [1.29, 1.82) is 5.26 Å². The summed E-state index contributed by atoms with van der Waals surface area (Å²) in [7, 11) is -0.921. The minimum Gasteiger partial charge on any atom is -0.497 e. The van der Waals surface area contributed by atoms with Gasteiger partial charge in [0.05, 0.1) is 43.2 Å². The minimum atomic E-state index is -3.73. The molecule has 2 aromatic carbocycles. The fourth-order valence-electron chi connectivity index (χ4n) is 3.63. The number of fused-ring (bicyclic) bond motifs is 1. The molecule has 0 N–H and O–H groups in total. The number of aromatic nitrogens is 1. The van der Waals surface area contributed by atoms with E-state index in [9.17, 15) is 18.5 Å². The van der Waals surface area contributed by atoms with Crippen LogP contribution in [-0.2, 0) is 20.2 Å². The van der Waals surface area contributed by atoms with Crippen LogP contribution < -0.4 is 4.74 Å². The summed E-state index contributed by atoms with van der Waals surface area (Å²) in [6, 6.07) is 13.6. The Morgan fingerprint density at radius 3 is 2.37 bits per heavy atom. The van der Waals surface area contributed by atoms with Gasteiger partial charge in [0.15, 0.2) is 0 Å². The first-order chi connectivity index (χ1) is 14.0. The first-order valence-electron chi connectivity index (χ1n) is 9.08. The van der Waals surface area contributed by atoms with Crippen LogP contribution in [0.15, 0.2) is 42.5 Å². The zero-order valence-electron chi connectivity index (χ0n) is 17.4. The lowest BCUT2D eigenvalue weighted by molar-refractivity contribution is 0.0598. The molecule has 0 bridgehead atoms. The van der Waals surface area contributed by atoms with Gasteiger partial charge in [-0.25, -0.2) is 17.2 Å². The standard InChI is InChI=1S/C22H22N2O5S/c1-22(2,18-12-16(28-3)8-9-17(18)21(25)29-4)20-11-15-7-6-14(13-23)10-19(15)24(20)30(5,26)27/h6-12H,1-5H3. The first-order valence-corrected chi connectivity index (χ1v) is 10.9. The van der Waals surface area contributed by atoms with Crippen molar-refractivity contribution in [2.45, 2.75) is 19.3 Å². The molecule has 8 heteroatoms. The van der Waals surface area contributed by atoms with Crippen molar-refractivity contribution < 1.29 is 22.7 Å². The molecule has 0 atom stereocenters. The molecule has 0 saturated heterocycles. The van der Waals surface area contributed by atoms with Crippen LogP contribution in [0.25, 0.3) is 10.9 Å². The number of esters is 1. The normalized spacial score (nSPS) is 11.9. The van der Waals surface area contributed by atoms with Crippen molar-refractivity contribution in [2.24, 2.45) is 0 Å².